The number of amides is 3. The van der Waals surface area contributed by atoms with E-state index < -0.39 is 11.9 Å². The molecule has 0 saturated heterocycles. The van der Waals surface area contributed by atoms with Crippen molar-refractivity contribution in [2.75, 3.05) is 5.32 Å². The van der Waals surface area contributed by atoms with Gasteiger partial charge in [0, 0.05) is 11.8 Å². The van der Waals surface area contributed by atoms with Crippen molar-refractivity contribution in [2.24, 2.45) is 0 Å². The lowest BCUT2D eigenvalue weighted by molar-refractivity contribution is 0.0901. The molecular weight excluding hydrogens is 350 g/mol. The first-order chi connectivity index (χ1) is 12.6. The van der Waals surface area contributed by atoms with Crippen molar-refractivity contribution in [3.8, 4) is 11.5 Å². The van der Waals surface area contributed by atoms with Crippen LogP contribution in [0.3, 0.4) is 0 Å². The number of nitrogens with zero attached hydrogens (tertiary/aromatic N) is 2. The lowest BCUT2D eigenvalue weighted by Gasteiger charge is -2.14. The SMILES string of the molecule is O=C(Nc1ccccn1)N(S)C(=O)c1ccc(Oc2ccccc2)cc1. The third kappa shape index (κ3) is 4.40. The van der Waals surface area contributed by atoms with E-state index in [2.05, 4.69) is 23.1 Å². The highest BCUT2D eigenvalue weighted by Crippen LogP contribution is 2.22. The van der Waals surface area contributed by atoms with Crippen molar-refractivity contribution in [1.82, 2.24) is 9.29 Å². The summed E-state index contributed by atoms with van der Waals surface area (Å²) in [5, 5.41) is 2.49. The molecule has 3 rings (SSSR count). The molecule has 0 bridgehead atoms. The van der Waals surface area contributed by atoms with Gasteiger partial charge in [0.05, 0.1) is 0 Å². The van der Waals surface area contributed by atoms with Gasteiger partial charge in [0.2, 0.25) is 0 Å². The first-order valence-electron chi connectivity index (χ1n) is 7.72. The van der Waals surface area contributed by atoms with Crippen LogP contribution in [0.25, 0.3) is 0 Å². The Bertz CT molecular complexity index is 887. The van der Waals surface area contributed by atoms with Gasteiger partial charge in [-0.3, -0.25) is 10.1 Å². The number of thiol groups is 1. The Morgan fingerprint density at radius 3 is 2.19 bits per heavy atom. The van der Waals surface area contributed by atoms with Gasteiger partial charge in [0.1, 0.15) is 17.3 Å². The zero-order valence-electron chi connectivity index (χ0n) is 13.6. The number of hydrogen-bond acceptors (Lipinski definition) is 5. The number of carbonyl (C=O) groups excluding carboxylic acids is 2. The number of hydrogen-bond donors (Lipinski definition) is 2. The van der Waals surface area contributed by atoms with Crippen molar-refractivity contribution in [3.63, 3.8) is 0 Å². The fourth-order valence-corrected chi connectivity index (χ4v) is 2.27. The quantitative estimate of drug-likeness (QED) is 0.673. The molecule has 3 aromatic rings. The summed E-state index contributed by atoms with van der Waals surface area (Å²) >= 11 is 3.98. The summed E-state index contributed by atoms with van der Waals surface area (Å²) in [6.45, 7) is 0. The van der Waals surface area contributed by atoms with E-state index in [9.17, 15) is 9.59 Å². The van der Waals surface area contributed by atoms with Crippen LogP contribution in [0.4, 0.5) is 10.6 Å². The summed E-state index contributed by atoms with van der Waals surface area (Å²) in [6, 6.07) is 20.1. The van der Waals surface area contributed by atoms with E-state index in [-0.39, 0.29) is 0 Å². The lowest BCUT2D eigenvalue weighted by Crippen LogP contribution is -2.32. The monoisotopic (exact) mass is 365 g/mol. The normalized spacial score (nSPS) is 10.0. The number of urea groups is 1. The summed E-state index contributed by atoms with van der Waals surface area (Å²) < 4.78 is 6.36. The van der Waals surface area contributed by atoms with Crippen molar-refractivity contribution < 1.29 is 14.3 Å². The molecule has 1 heterocycles. The molecule has 1 N–H and O–H groups in total. The van der Waals surface area contributed by atoms with Gasteiger partial charge in [0.15, 0.2) is 0 Å². The van der Waals surface area contributed by atoms with E-state index in [4.69, 9.17) is 4.74 Å². The number of rotatable bonds is 4. The summed E-state index contributed by atoms with van der Waals surface area (Å²) in [5.74, 6) is 1.04. The summed E-state index contributed by atoms with van der Waals surface area (Å²) in [5.41, 5.74) is 0.302. The molecule has 0 fully saturated rings. The molecule has 7 heteroatoms. The first kappa shape index (κ1) is 17.5. The highest BCUT2D eigenvalue weighted by Gasteiger charge is 2.20. The molecule has 0 saturated carbocycles. The molecule has 0 aliphatic heterocycles. The molecule has 3 amide bonds. The number of para-hydroxylation sites is 1. The smallest absolute Gasteiger partial charge is 0.340 e. The van der Waals surface area contributed by atoms with Crippen molar-refractivity contribution in [2.45, 2.75) is 0 Å². The van der Waals surface area contributed by atoms with Crippen LogP contribution >= 0.6 is 12.8 Å². The number of ether oxygens (including phenoxy) is 1. The molecule has 26 heavy (non-hydrogen) atoms. The van der Waals surface area contributed by atoms with E-state index >= 15 is 0 Å². The third-order valence-electron chi connectivity index (χ3n) is 3.36. The van der Waals surface area contributed by atoms with Gasteiger partial charge < -0.3 is 4.74 Å². The molecule has 0 unspecified atom stereocenters. The number of carbonyl (C=O) groups is 2. The van der Waals surface area contributed by atoms with Gasteiger partial charge in [-0.25, -0.2) is 14.1 Å². The lowest BCUT2D eigenvalue weighted by atomic mass is 10.2. The number of nitrogens with one attached hydrogen (secondary N) is 1. The van der Waals surface area contributed by atoms with Gasteiger partial charge >= 0.3 is 6.03 Å². The topological polar surface area (TPSA) is 71.5 Å². The standard InChI is InChI=1S/C19H15N3O3S/c23-18(22(26)19(24)21-17-8-4-5-13-20-17)14-9-11-16(12-10-14)25-15-6-2-1-3-7-15/h1-13,26H,(H,20,21,24). The fourth-order valence-electron chi connectivity index (χ4n) is 2.10. The van der Waals surface area contributed by atoms with Gasteiger partial charge in [0.25, 0.3) is 5.91 Å². The van der Waals surface area contributed by atoms with Crippen LogP contribution in [0, 0.1) is 0 Å². The van der Waals surface area contributed by atoms with Gasteiger partial charge in [-0.05, 0) is 48.5 Å². The number of anilines is 1. The van der Waals surface area contributed by atoms with Crippen molar-refractivity contribution in [3.05, 3.63) is 84.6 Å². The van der Waals surface area contributed by atoms with E-state index in [1.54, 1.807) is 42.5 Å². The predicted octanol–water partition coefficient (Wildman–Crippen LogP) is 4.39. The maximum atomic E-state index is 12.4. The van der Waals surface area contributed by atoms with Crippen molar-refractivity contribution in [1.29, 1.82) is 0 Å². The number of imide groups is 1. The fraction of sp³-hybridized carbons (Fsp3) is 0. The molecule has 0 radical (unpaired) electrons. The van der Waals surface area contributed by atoms with E-state index in [1.807, 2.05) is 30.3 Å². The van der Waals surface area contributed by atoms with Crippen LogP contribution in [0.2, 0.25) is 0 Å². The Balaban J connectivity index is 1.64. The number of benzene rings is 2. The minimum atomic E-state index is -0.693. The van der Waals surface area contributed by atoms with E-state index in [0.29, 0.717) is 27.2 Å². The maximum absolute atomic E-state index is 12.4. The Hall–Kier alpha value is -3.32. The Labute approximate surface area is 156 Å². The molecule has 2 aromatic carbocycles. The van der Waals surface area contributed by atoms with Crippen LogP contribution in [-0.2, 0) is 0 Å². The molecular formula is C19H15N3O3S. The predicted molar refractivity (Wildman–Crippen MR) is 101 cm³/mol. The third-order valence-corrected chi connectivity index (χ3v) is 3.73. The van der Waals surface area contributed by atoms with Crippen LogP contribution in [0.1, 0.15) is 10.4 Å². The van der Waals surface area contributed by atoms with Crippen LogP contribution < -0.4 is 10.1 Å². The molecule has 0 aliphatic rings. The second-order valence-electron chi connectivity index (χ2n) is 5.20. The zero-order chi connectivity index (χ0) is 18.4. The molecule has 1 aromatic heterocycles. The highest BCUT2D eigenvalue weighted by atomic mass is 32.1. The van der Waals surface area contributed by atoms with Gasteiger partial charge in [-0.15, -0.1) is 0 Å². The summed E-state index contributed by atoms with van der Waals surface area (Å²) in [4.78, 5) is 28.4. The Morgan fingerprint density at radius 1 is 0.885 bits per heavy atom. The van der Waals surface area contributed by atoms with Crippen molar-refractivity contribution >= 4 is 30.6 Å². The zero-order valence-corrected chi connectivity index (χ0v) is 14.5. The van der Waals surface area contributed by atoms with Gasteiger partial charge in [-0.2, -0.15) is 0 Å². The Morgan fingerprint density at radius 2 is 1.54 bits per heavy atom. The number of pyridine rings is 1. The highest BCUT2D eigenvalue weighted by molar-refractivity contribution is 7.79. The largest absolute Gasteiger partial charge is 0.457 e. The Kier molecular flexibility index (Phi) is 5.50. The van der Waals surface area contributed by atoms with Crippen LogP contribution in [0.5, 0.6) is 11.5 Å². The van der Waals surface area contributed by atoms with Gasteiger partial charge in [-0.1, -0.05) is 37.1 Å². The number of aromatic nitrogens is 1. The van der Waals surface area contributed by atoms with Crippen LogP contribution in [-0.4, -0.2) is 21.2 Å². The van der Waals surface area contributed by atoms with Crippen LogP contribution in [0.15, 0.2) is 79.0 Å². The minimum Gasteiger partial charge on any atom is -0.457 e. The molecule has 0 spiro atoms. The van der Waals surface area contributed by atoms with E-state index in [1.165, 1.54) is 6.20 Å². The maximum Gasteiger partial charge on any atom is 0.340 e. The first-order valence-corrected chi connectivity index (χ1v) is 8.12. The summed E-state index contributed by atoms with van der Waals surface area (Å²) in [6.07, 6.45) is 1.53. The second kappa shape index (κ2) is 8.17. The average molecular weight is 365 g/mol. The molecule has 0 atom stereocenters. The molecule has 0 aliphatic carbocycles. The van der Waals surface area contributed by atoms with E-state index in [0.717, 1.165) is 0 Å². The average Bonchev–Trinajstić information content (AvgIpc) is 2.69. The second-order valence-corrected chi connectivity index (χ2v) is 5.60. The summed E-state index contributed by atoms with van der Waals surface area (Å²) in [7, 11) is 0. The minimum absolute atomic E-state index is 0.302. The molecule has 130 valence electrons. The molecule has 6 nitrogen and oxygen atoms in total.